The largest absolute Gasteiger partial charge is 0.400 e. The maximum atomic E-state index is 11.9. The Morgan fingerprint density at radius 2 is 1.92 bits per heavy atom. The molecule has 3 nitrogen and oxygen atoms in total. The van der Waals surface area contributed by atoms with Crippen LogP contribution in [0.2, 0.25) is 0 Å². The van der Waals surface area contributed by atoms with Crippen molar-refractivity contribution in [3.8, 4) is 0 Å². The van der Waals surface area contributed by atoms with Crippen molar-refractivity contribution in [3.63, 3.8) is 0 Å². The molecule has 1 fully saturated rings. The molecule has 1 saturated heterocycles. The number of imide groups is 1. The van der Waals surface area contributed by atoms with Crippen LogP contribution in [0, 0.1) is 5.92 Å². The van der Waals surface area contributed by atoms with E-state index in [1.165, 1.54) is 0 Å². The molecule has 1 heterocycles. The highest BCUT2D eigenvalue weighted by molar-refractivity contribution is 5.98. The smallest absolute Gasteiger partial charge is 0.296 e. The number of rotatable bonds is 0. The summed E-state index contributed by atoms with van der Waals surface area (Å²) in [5.74, 6) is -3.89. The number of hydrogen-bond donors (Lipinski definition) is 1. The van der Waals surface area contributed by atoms with Gasteiger partial charge in [0.1, 0.15) is 5.92 Å². The van der Waals surface area contributed by atoms with E-state index in [9.17, 15) is 22.8 Å². The summed E-state index contributed by atoms with van der Waals surface area (Å²) >= 11 is 0. The van der Waals surface area contributed by atoms with Crippen molar-refractivity contribution in [1.29, 1.82) is 0 Å². The van der Waals surface area contributed by atoms with Gasteiger partial charge in [-0.25, -0.2) is 0 Å². The van der Waals surface area contributed by atoms with E-state index in [1.54, 1.807) is 5.32 Å². The highest BCUT2D eigenvalue weighted by atomic mass is 19.4. The number of nitrogens with one attached hydrogen (secondary N) is 1. The molecule has 68 valence electrons. The second-order valence-electron chi connectivity index (χ2n) is 2.55. The van der Waals surface area contributed by atoms with Crippen LogP contribution >= 0.6 is 0 Å². The van der Waals surface area contributed by atoms with Crippen molar-refractivity contribution in [1.82, 2.24) is 5.32 Å². The van der Waals surface area contributed by atoms with Gasteiger partial charge in [0.25, 0.3) is 0 Å². The van der Waals surface area contributed by atoms with Crippen molar-refractivity contribution in [2.45, 2.75) is 19.0 Å². The number of hydrogen-bond acceptors (Lipinski definition) is 2. The van der Waals surface area contributed by atoms with Crippen LogP contribution in [0.15, 0.2) is 0 Å². The van der Waals surface area contributed by atoms with Gasteiger partial charge >= 0.3 is 6.18 Å². The van der Waals surface area contributed by atoms with E-state index >= 15 is 0 Å². The fourth-order valence-electron chi connectivity index (χ4n) is 1.01. The van der Waals surface area contributed by atoms with Gasteiger partial charge in [0.15, 0.2) is 0 Å². The van der Waals surface area contributed by atoms with Gasteiger partial charge in [0, 0.05) is 6.42 Å². The lowest BCUT2D eigenvalue weighted by molar-refractivity contribution is -0.187. The Morgan fingerprint density at radius 1 is 1.33 bits per heavy atom. The monoisotopic (exact) mass is 181 g/mol. The average Bonchev–Trinajstić information content (AvgIpc) is 1.83. The zero-order chi connectivity index (χ0) is 9.35. The summed E-state index contributed by atoms with van der Waals surface area (Å²) in [6.07, 6.45) is -5.21. The lowest BCUT2D eigenvalue weighted by Crippen LogP contribution is -2.46. The molecule has 1 aliphatic heterocycles. The van der Waals surface area contributed by atoms with Crippen LogP contribution in [0.25, 0.3) is 0 Å². The summed E-state index contributed by atoms with van der Waals surface area (Å²) in [5.41, 5.74) is 0. The molecule has 0 bridgehead atoms. The number of piperidine rings is 1. The highest BCUT2D eigenvalue weighted by Crippen LogP contribution is 2.31. The molecular weight excluding hydrogens is 175 g/mol. The number of amides is 2. The molecule has 12 heavy (non-hydrogen) atoms. The highest BCUT2D eigenvalue weighted by Gasteiger charge is 2.46. The third-order valence-corrected chi connectivity index (χ3v) is 1.63. The molecule has 2 amide bonds. The molecule has 0 aliphatic carbocycles. The first-order valence-corrected chi connectivity index (χ1v) is 3.31. The van der Waals surface area contributed by atoms with Crippen molar-refractivity contribution in [2.75, 3.05) is 0 Å². The average molecular weight is 181 g/mol. The summed E-state index contributed by atoms with van der Waals surface area (Å²) in [6.45, 7) is 0. The summed E-state index contributed by atoms with van der Waals surface area (Å²) in [5, 5.41) is 1.64. The van der Waals surface area contributed by atoms with Gasteiger partial charge < -0.3 is 0 Å². The van der Waals surface area contributed by atoms with Crippen LogP contribution in [0.3, 0.4) is 0 Å². The maximum absolute atomic E-state index is 11.9. The number of alkyl halides is 3. The zero-order valence-corrected chi connectivity index (χ0v) is 5.94. The van der Waals surface area contributed by atoms with Crippen molar-refractivity contribution in [3.05, 3.63) is 0 Å². The molecule has 0 aromatic carbocycles. The Labute approximate surface area is 65.9 Å². The van der Waals surface area contributed by atoms with Gasteiger partial charge in [0.05, 0.1) is 0 Å². The first-order valence-electron chi connectivity index (χ1n) is 3.31. The Morgan fingerprint density at radius 3 is 2.33 bits per heavy atom. The molecule has 1 atom stereocenters. The minimum absolute atomic E-state index is 0.240. The quantitative estimate of drug-likeness (QED) is 0.556. The summed E-state index contributed by atoms with van der Waals surface area (Å²) in [7, 11) is 0. The van der Waals surface area contributed by atoms with Crippen LogP contribution in [0.4, 0.5) is 13.2 Å². The van der Waals surface area contributed by atoms with Crippen LogP contribution in [0.1, 0.15) is 12.8 Å². The van der Waals surface area contributed by atoms with E-state index in [0.29, 0.717) is 0 Å². The van der Waals surface area contributed by atoms with Gasteiger partial charge in [-0.3, -0.25) is 14.9 Å². The molecule has 1 unspecified atom stereocenters. The molecule has 1 N–H and O–H groups in total. The molecule has 0 aromatic rings. The summed E-state index contributed by atoms with van der Waals surface area (Å²) in [6, 6.07) is 0. The van der Waals surface area contributed by atoms with E-state index in [0.717, 1.165) is 0 Å². The fraction of sp³-hybridized carbons (Fsp3) is 0.667. The summed E-state index contributed by atoms with van der Waals surface area (Å²) < 4.78 is 35.8. The first kappa shape index (κ1) is 9.02. The van der Waals surface area contributed by atoms with E-state index in [1.807, 2.05) is 0 Å². The topological polar surface area (TPSA) is 46.2 Å². The Balaban J connectivity index is 2.69. The molecule has 1 rings (SSSR count). The van der Waals surface area contributed by atoms with Crippen LogP contribution in [-0.2, 0) is 9.59 Å². The molecule has 0 saturated carbocycles. The van der Waals surface area contributed by atoms with Gasteiger partial charge in [0.2, 0.25) is 11.8 Å². The molecule has 0 spiro atoms. The third kappa shape index (κ3) is 1.75. The Kier molecular flexibility index (Phi) is 2.08. The van der Waals surface area contributed by atoms with Gasteiger partial charge in [-0.05, 0) is 6.42 Å². The lowest BCUT2D eigenvalue weighted by atomic mass is 9.98. The number of carbonyl (C=O) groups is 2. The minimum atomic E-state index is -4.54. The summed E-state index contributed by atoms with van der Waals surface area (Å²) in [4.78, 5) is 21.0. The van der Waals surface area contributed by atoms with Gasteiger partial charge in [-0.1, -0.05) is 0 Å². The Bertz CT molecular complexity index is 223. The predicted molar refractivity (Wildman–Crippen MR) is 31.9 cm³/mol. The van der Waals surface area contributed by atoms with Crippen molar-refractivity contribution < 1.29 is 22.8 Å². The second kappa shape index (κ2) is 2.76. The number of halogens is 3. The lowest BCUT2D eigenvalue weighted by Gasteiger charge is -2.22. The normalized spacial score (nSPS) is 25.4. The Hall–Kier alpha value is -1.07. The maximum Gasteiger partial charge on any atom is 0.400 e. The molecule has 0 aromatic heterocycles. The van der Waals surface area contributed by atoms with E-state index in [2.05, 4.69) is 0 Å². The van der Waals surface area contributed by atoms with Crippen LogP contribution in [-0.4, -0.2) is 18.0 Å². The first-order chi connectivity index (χ1) is 5.41. The predicted octanol–water partition coefficient (Wildman–Crippen LogP) is 0.602. The van der Waals surface area contributed by atoms with Gasteiger partial charge in [-0.15, -0.1) is 0 Å². The molecule has 0 radical (unpaired) electrons. The third-order valence-electron chi connectivity index (χ3n) is 1.63. The standard InChI is InChI=1S/C6H6F3NO2/c7-6(8,9)3-1-2-4(11)10-5(3)12/h3H,1-2H2,(H,10,11,12). The van der Waals surface area contributed by atoms with Crippen LogP contribution in [0.5, 0.6) is 0 Å². The molecule has 6 heteroatoms. The van der Waals surface area contributed by atoms with E-state index in [-0.39, 0.29) is 6.42 Å². The fourth-order valence-corrected chi connectivity index (χ4v) is 1.01. The molecular formula is C6H6F3NO2. The van der Waals surface area contributed by atoms with E-state index < -0.39 is 30.3 Å². The van der Waals surface area contributed by atoms with Crippen LogP contribution < -0.4 is 5.32 Å². The minimum Gasteiger partial charge on any atom is -0.296 e. The number of carbonyl (C=O) groups excluding carboxylic acids is 2. The SMILES string of the molecule is O=C1CCC(C(F)(F)F)C(=O)N1. The van der Waals surface area contributed by atoms with Crippen molar-refractivity contribution >= 4 is 11.8 Å². The second-order valence-corrected chi connectivity index (χ2v) is 2.55. The van der Waals surface area contributed by atoms with Gasteiger partial charge in [-0.2, -0.15) is 13.2 Å². The molecule has 1 aliphatic rings. The zero-order valence-electron chi connectivity index (χ0n) is 5.94. The van der Waals surface area contributed by atoms with E-state index in [4.69, 9.17) is 0 Å². The van der Waals surface area contributed by atoms with Crippen molar-refractivity contribution in [2.24, 2.45) is 5.92 Å².